The Bertz CT molecular complexity index is 282. The van der Waals surface area contributed by atoms with Crippen molar-refractivity contribution >= 4 is 5.71 Å². The molecule has 2 nitrogen and oxygen atoms in total. The van der Waals surface area contributed by atoms with E-state index in [1.165, 1.54) is 0 Å². The molecule has 1 heterocycles. The van der Waals surface area contributed by atoms with Crippen LogP contribution in [0.4, 0.5) is 0 Å². The lowest BCUT2D eigenvalue weighted by Gasteiger charge is -2.06. The monoisotopic (exact) mass is 176 g/mol. The van der Waals surface area contributed by atoms with E-state index in [0.29, 0.717) is 0 Å². The van der Waals surface area contributed by atoms with Crippen LogP contribution in [0, 0.1) is 0 Å². The highest BCUT2D eigenvalue weighted by molar-refractivity contribution is 5.93. The molecule has 1 rings (SSSR count). The first-order valence-corrected chi connectivity index (χ1v) is 4.56. The van der Waals surface area contributed by atoms with Crippen LogP contribution in [-0.4, -0.2) is 18.8 Å². The lowest BCUT2D eigenvalue weighted by Crippen LogP contribution is -2.12. The number of rotatable bonds is 3. The van der Waals surface area contributed by atoms with Crippen LogP contribution >= 0.6 is 0 Å². The van der Waals surface area contributed by atoms with Crippen LogP contribution in [-0.2, 0) is 0 Å². The van der Waals surface area contributed by atoms with Gasteiger partial charge in [-0.2, -0.15) is 0 Å². The standard InChI is InChI=1S/C11H16N2/c1-4-12-10(3)11-6-5-9(2)13-8-7-11/h5-7,12H,3-4,8H2,1-2H3. The van der Waals surface area contributed by atoms with Gasteiger partial charge in [0.25, 0.3) is 0 Å². The van der Waals surface area contributed by atoms with Gasteiger partial charge in [-0.15, -0.1) is 0 Å². The summed E-state index contributed by atoms with van der Waals surface area (Å²) >= 11 is 0. The Hall–Kier alpha value is -1.31. The van der Waals surface area contributed by atoms with Gasteiger partial charge >= 0.3 is 0 Å². The summed E-state index contributed by atoms with van der Waals surface area (Å²) in [6.45, 7) is 9.68. The van der Waals surface area contributed by atoms with Crippen molar-refractivity contribution in [2.45, 2.75) is 13.8 Å². The van der Waals surface area contributed by atoms with E-state index in [2.05, 4.69) is 36.0 Å². The normalized spacial score (nSPS) is 15.8. The molecule has 13 heavy (non-hydrogen) atoms. The molecule has 0 radical (unpaired) electrons. The first-order chi connectivity index (χ1) is 6.24. The molecule has 0 aromatic carbocycles. The highest BCUT2D eigenvalue weighted by atomic mass is 14.9. The molecule has 0 saturated carbocycles. The van der Waals surface area contributed by atoms with Crippen LogP contribution in [0.15, 0.2) is 41.1 Å². The highest BCUT2D eigenvalue weighted by Gasteiger charge is 1.99. The Kier molecular flexibility index (Phi) is 3.50. The molecule has 0 aromatic rings. The van der Waals surface area contributed by atoms with Crippen LogP contribution < -0.4 is 5.32 Å². The number of nitrogens with one attached hydrogen (secondary N) is 1. The maximum atomic E-state index is 4.30. The summed E-state index contributed by atoms with van der Waals surface area (Å²) < 4.78 is 0. The van der Waals surface area contributed by atoms with Crippen LogP contribution in [0.1, 0.15) is 13.8 Å². The van der Waals surface area contributed by atoms with Crippen LogP contribution in [0.2, 0.25) is 0 Å². The highest BCUT2D eigenvalue weighted by Crippen LogP contribution is 2.09. The summed E-state index contributed by atoms with van der Waals surface area (Å²) in [7, 11) is 0. The molecule has 0 unspecified atom stereocenters. The SMILES string of the molecule is C=C(NCC)C1=CCN=C(C)C=C1. The van der Waals surface area contributed by atoms with Gasteiger partial charge in [0, 0.05) is 18.0 Å². The fourth-order valence-corrected chi connectivity index (χ4v) is 1.16. The summed E-state index contributed by atoms with van der Waals surface area (Å²) in [5.41, 5.74) is 3.18. The zero-order chi connectivity index (χ0) is 9.68. The minimum Gasteiger partial charge on any atom is -0.385 e. The molecule has 0 atom stereocenters. The van der Waals surface area contributed by atoms with E-state index in [1.54, 1.807) is 0 Å². The maximum Gasteiger partial charge on any atom is 0.0582 e. The fourth-order valence-electron chi connectivity index (χ4n) is 1.16. The van der Waals surface area contributed by atoms with Gasteiger partial charge in [0.1, 0.15) is 0 Å². The second kappa shape index (κ2) is 4.65. The molecule has 1 N–H and O–H groups in total. The smallest absolute Gasteiger partial charge is 0.0582 e. The van der Waals surface area contributed by atoms with Crippen molar-refractivity contribution in [1.82, 2.24) is 5.32 Å². The lowest BCUT2D eigenvalue weighted by molar-refractivity contribution is 0.872. The molecule has 0 bridgehead atoms. The van der Waals surface area contributed by atoms with E-state index >= 15 is 0 Å². The van der Waals surface area contributed by atoms with Gasteiger partial charge < -0.3 is 5.32 Å². The minimum absolute atomic E-state index is 0.749. The number of allylic oxidation sites excluding steroid dienone is 2. The first kappa shape index (κ1) is 9.78. The fraction of sp³-hybridized carbons (Fsp3) is 0.364. The van der Waals surface area contributed by atoms with Crippen molar-refractivity contribution in [2.24, 2.45) is 4.99 Å². The molecule has 0 amide bonds. The molecule has 2 heteroatoms. The van der Waals surface area contributed by atoms with Crippen LogP contribution in [0.5, 0.6) is 0 Å². The Morgan fingerprint density at radius 2 is 2.38 bits per heavy atom. The summed E-state index contributed by atoms with van der Waals surface area (Å²) in [4.78, 5) is 4.30. The predicted molar refractivity (Wildman–Crippen MR) is 58.0 cm³/mol. The van der Waals surface area contributed by atoms with Gasteiger partial charge in [-0.3, -0.25) is 4.99 Å². The maximum absolute atomic E-state index is 4.30. The first-order valence-electron chi connectivity index (χ1n) is 4.56. The van der Waals surface area contributed by atoms with Crippen molar-refractivity contribution in [3.8, 4) is 0 Å². The quantitative estimate of drug-likeness (QED) is 0.699. The zero-order valence-electron chi connectivity index (χ0n) is 8.30. The van der Waals surface area contributed by atoms with Gasteiger partial charge in [0.2, 0.25) is 0 Å². The summed E-state index contributed by atoms with van der Waals surface area (Å²) in [6.07, 6.45) is 6.15. The van der Waals surface area contributed by atoms with Gasteiger partial charge in [-0.1, -0.05) is 18.7 Å². The van der Waals surface area contributed by atoms with E-state index in [1.807, 2.05) is 13.0 Å². The second-order valence-electron chi connectivity index (χ2n) is 2.98. The number of hydrogen-bond acceptors (Lipinski definition) is 2. The number of hydrogen-bond donors (Lipinski definition) is 1. The Morgan fingerprint density at radius 1 is 1.62 bits per heavy atom. The van der Waals surface area contributed by atoms with Crippen LogP contribution in [0.25, 0.3) is 0 Å². The van der Waals surface area contributed by atoms with E-state index < -0.39 is 0 Å². The van der Waals surface area contributed by atoms with E-state index in [9.17, 15) is 0 Å². The summed E-state index contributed by atoms with van der Waals surface area (Å²) in [5, 5.41) is 3.19. The predicted octanol–water partition coefficient (Wildman–Crippen LogP) is 2.07. The summed E-state index contributed by atoms with van der Waals surface area (Å²) in [5.74, 6) is 0. The lowest BCUT2D eigenvalue weighted by atomic mass is 10.1. The zero-order valence-corrected chi connectivity index (χ0v) is 8.30. The molecule has 0 fully saturated rings. The molecule has 70 valence electrons. The molecular formula is C11H16N2. The number of aliphatic imine (C=N–C) groups is 1. The largest absolute Gasteiger partial charge is 0.385 e. The van der Waals surface area contributed by atoms with Crippen molar-refractivity contribution in [3.05, 3.63) is 36.1 Å². The molecule has 0 aliphatic carbocycles. The third kappa shape index (κ3) is 2.90. The molecule has 0 spiro atoms. The van der Waals surface area contributed by atoms with Crippen molar-refractivity contribution in [3.63, 3.8) is 0 Å². The number of nitrogens with zero attached hydrogens (tertiary/aromatic N) is 1. The van der Waals surface area contributed by atoms with Crippen molar-refractivity contribution < 1.29 is 0 Å². The molecule has 0 saturated heterocycles. The topological polar surface area (TPSA) is 24.4 Å². The molecular weight excluding hydrogens is 160 g/mol. The van der Waals surface area contributed by atoms with E-state index in [0.717, 1.165) is 30.1 Å². The van der Waals surface area contributed by atoms with Crippen LogP contribution in [0.3, 0.4) is 0 Å². The van der Waals surface area contributed by atoms with E-state index in [4.69, 9.17) is 0 Å². The average molecular weight is 176 g/mol. The Labute approximate surface area is 79.8 Å². The summed E-state index contributed by atoms with van der Waals surface area (Å²) in [6, 6.07) is 0. The van der Waals surface area contributed by atoms with E-state index in [-0.39, 0.29) is 0 Å². The van der Waals surface area contributed by atoms with Crippen molar-refractivity contribution in [2.75, 3.05) is 13.1 Å². The Morgan fingerprint density at radius 3 is 3.08 bits per heavy atom. The van der Waals surface area contributed by atoms with Gasteiger partial charge in [-0.05, 0) is 25.5 Å². The average Bonchev–Trinajstić information content (AvgIpc) is 2.30. The second-order valence-corrected chi connectivity index (χ2v) is 2.98. The van der Waals surface area contributed by atoms with Gasteiger partial charge in [0.15, 0.2) is 0 Å². The molecule has 1 aliphatic rings. The number of likely N-dealkylation sites (N-methyl/N-ethyl adjacent to an activating group) is 1. The third-order valence-corrected chi connectivity index (χ3v) is 1.89. The van der Waals surface area contributed by atoms with Gasteiger partial charge in [0.05, 0.1) is 6.54 Å². The third-order valence-electron chi connectivity index (χ3n) is 1.89. The minimum atomic E-state index is 0.749. The van der Waals surface area contributed by atoms with Crippen molar-refractivity contribution in [1.29, 1.82) is 0 Å². The Balaban J connectivity index is 2.68. The molecule has 1 aliphatic heterocycles. The van der Waals surface area contributed by atoms with Gasteiger partial charge in [-0.25, -0.2) is 0 Å². The molecule has 0 aromatic heterocycles.